The van der Waals surface area contributed by atoms with E-state index in [-0.39, 0.29) is 0 Å². The molecule has 1 aromatic carbocycles. The third-order valence-corrected chi connectivity index (χ3v) is 4.14. The number of hydrogen-bond donors (Lipinski definition) is 0. The van der Waals surface area contributed by atoms with Gasteiger partial charge >= 0.3 is 0 Å². The van der Waals surface area contributed by atoms with Gasteiger partial charge in [0.15, 0.2) is 0 Å². The molecular weight excluding hydrogens is 220 g/mol. The van der Waals surface area contributed by atoms with Crippen molar-refractivity contribution < 1.29 is 0 Å². The number of hydrogen-bond acceptors (Lipinski definition) is 2. The molecule has 1 saturated carbocycles. The van der Waals surface area contributed by atoms with Gasteiger partial charge in [-0.2, -0.15) is 5.26 Å². The van der Waals surface area contributed by atoms with E-state index in [1.54, 1.807) is 0 Å². The summed E-state index contributed by atoms with van der Waals surface area (Å²) in [7, 11) is 0. The van der Waals surface area contributed by atoms with Crippen LogP contribution in [0, 0.1) is 16.7 Å². The molecule has 0 amide bonds. The largest absolute Gasteiger partial charge is 0.283 e. The van der Waals surface area contributed by atoms with Crippen LogP contribution in [0.4, 0.5) is 0 Å². The maximum atomic E-state index is 9.05. The molecule has 1 aliphatic carbocycles. The van der Waals surface area contributed by atoms with Crippen LogP contribution in [-0.4, -0.2) is 17.5 Å². The molecule has 1 fully saturated rings. The van der Waals surface area contributed by atoms with Crippen molar-refractivity contribution in [3.63, 3.8) is 0 Å². The lowest BCUT2D eigenvalue weighted by Gasteiger charge is -2.36. The van der Waals surface area contributed by atoms with Gasteiger partial charge in [-0.05, 0) is 23.8 Å². The molecule has 18 heavy (non-hydrogen) atoms. The van der Waals surface area contributed by atoms with E-state index in [9.17, 15) is 0 Å². The van der Waals surface area contributed by atoms with E-state index in [1.165, 1.54) is 24.8 Å². The van der Waals surface area contributed by atoms with Crippen molar-refractivity contribution in [2.75, 3.05) is 6.54 Å². The van der Waals surface area contributed by atoms with Gasteiger partial charge < -0.3 is 0 Å². The van der Waals surface area contributed by atoms with Crippen LogP contribution in [0.25, 0.3) is 0 Å². The summed E-state index contributed by atoms with van der Waals surface area (Å²) in [5, 5.41) is 9.05. The topological polar surface area (TPSA) is 27.0 Å². The average Bonchev–Trinajstić information content (AvgIpc) is 2.70. The molecule has 1 aliphatic rings. The molecule has 1 aromatic rings. The molecule has 2 nitrogen and oxygen atoms in total. The lowest BCUT2D eigenvalue weighted by atomic mass is 9.86. The molecule has 0 N–H and O–H groups in total. The highest BCUT2D eigenvalue weighted by Crippen LogP contribution is 2.40. The normalized spacial score (nSPS) is 22.0. The molecule has 1 atom stereocenters. The van der Waals surface area contributed by atoms with Crippen LogP contribution in [0.15, 0.2) is 30.3 Å². The van der Waals surface area contributed by atoms with Gasteiger partial charge in [-0.3, -0.25) is 4.90 Å². The highest BCUT2D eigenvalue weighted by Gasteiger charge is 2.38. The fourth-order valence-corrected chi connectivity index (χ4v) is 3.17. The number of nitrogens with zero attached hydrogens (tertiary/aromatic N) is 2. The van der Waals surface area contributed by atoms with Gasteiger partial charge in [0, 0.05) is 12.6 Å². The lowest BCUT2D eigenvalue weighted by Crippen LogP contribution is -2.41. The van der Waals surface area contributed by atoms with E-state index < -0.39 is 0 Å². The fraction of sp³-hybridized carbons (Fsp3) is 0.562. The Morgan fingerprint density at radius 1 is 1.33 bits per heavy atom. The van der Waals surface area contributed by atoms with Gasteiger partial charge in [-0.25, -0.2) is 0 Å². The summed E-state index contributed by atoms with van der Waals surface area (Å²) in [6.45, 7) is 6.09. The van der Waals surface area contributed by atoms with E-state index in [1.807, 2.05) is 6.07 Å². The van der Waals surface area contributed by atoms with Crippen molar-refractivity contribution in [2.24, 2.45) is 5.41 Å². The zero-order chi connectivity index (χ0) is 13.0. The Morgan fingerprint density at radius 2 is 2.06 bits per heavy atom. The highest BCUT2D eigenvalue weighted by atomic mass is 15.2. The van der Waals surface area contributed by atoms with Crippen LogP contribution in [0.2, 0.25) is 0 Å². The molecule has 0 unspecified atom stereocenters. The predicted octanol–water partition coefficient (Wildman–Crippen LogP) is 3.59. The molecule has 0 aliphatic heterocycles. The smallest absolute Gasteiger partial charge is 0.0871 e. The lowest BCUT2D eigenvalue weighted by molar-refractivity contribution is 0.120. The summed E-state index contributed by atoms with van der Waals surface area (Å²) in [5.74, 6) is 0. The van der Waals surface area contributed by atoms with Crippen LogP contribution in [0.1, 0.15) is 38.7 Å². The first-order valence-corrected chi connectivity index (χ1v) is 6.78. The van der Waals surface area contributed by atoms with Crippen LogP contribution in [-0.2, 0) is 6.54 Å². The quantitative estimate of drug-likeness (QED) is 0.754. The van der Waals surface area contributed by atoms with Crippen LogP contribution in [0.3, 0.4) is 0 Å². The van der Waals surface area contributed by atoms with Crippen molar-refractivity contribution in [1.29, 1.82) is 5.26 Å². The molecule has 0 saturated heterocycles. The predicted molar refractivity (Wildman–Crippen MR) is 73.9 cm³/mol. The van der Waals surface area contributed by atoms with E-state index in [0.717, 1.165) is 6.54 Å². The second kappa shape index (κ2) is 5.54. The van der Waals surface area contributed by atoms with Gasteiger partial charge in [0.2, 0.25) is 0 Å². The van der Waals surface area contributed by atoms with Crippen molar-refractivity contribution in [3.05, 3.63) is 35.9 Å². The first kappa shape index (κ1) is 13.1. The van der Waals surface area contributed by atoms with E-state index in [0.29, 0.717) is 18.0 Å². The molecular formula is C16H22N2. The second-order valence-electron chi connectivity index (χ2n) is 5.95. The van der Waals surface area contributed by atoms with Gasteiger partial charge in [0.1, 0.15) is 0 Å². The van der Waals surface area contributed by atoms with Crippen LogP contribution < -0.4 is 0 Å². The van der Waals surface area contributed by atoms with Crippen molar-refractivity contribution in [3.8, 4) is 6.07 Å². The van der Waals surface area contributed by atoms with Gasteiger partial charge in [-0.1, -0.05) is 50.6 Å². The Balaban J connectivity index is 2.12. The highest BCUT2D eigenvalue weighted by molar-refractivity contribution is 5.15. The first-order valence-electron chi connectivity index (χ1n) is 6.78. The maximum Gasteiger partial charge on any atom is 0.0871 e. The molecule has 0 spiro atoms. The zero-order valence-electron chi connectivity index (χ0n) is 11.4. The van der Waals surface area contributed by atoms with E-state index in [2.05, 4.69) is 49.1 Å². The summed E-state index contributed by atoms with van der Waals surface area (Å²) in [6, 6.07) is 13.3. The number of rotatable bonds is 4. The minimum absolute atomic E-state index is 0.339. The monoisotopic (exact) mass is 242 g/mol. The SMILES string of the molecule is CC1(C)CCC[C@H]1N(CC#N)Cc1ccccc1. The Bertz CT molecular complexity index is 416. The fourth-order valence-electron chi connectivity index (χ4n) is 3.17. The molecule has 2 rings (SSSR count). The minimum Gasteiger partial charge on any atom is -0.283 e. The number of nitriles is 1. The maximum absolute atomic E-state index is 9.05. The Hall–Kier alpha value is -1.33. The summed E-state index contributed by atoms with van der Waals surface area (Å²) >= 11 is 0. The molecule has 2 heteroatoms. The summed E-state index contributed by atoms with van der Waals surface area (Å²) in [4.78, 5) is 2.35. The second-order valence-corrected chi connectivity index (χ2v) is 5.95. The summed E-state index contributed by atoms with van der Waals surface area (Å²) in [5.41, 5.74) is 1.64. The minimum atomic E-state index is 0.339. The third-order valence-electron chi connectivity index (χ3n) is 4.14. The van der Waals surface area contributed by atoms with Gasteiger partial charge in [-0.15, -0.1) is 0 Å². The summed E-state index contributed by atoms with van der Waals surface area (Å²) < 4.78 is 0. The van der Waals surface area contributed by atoms with Gasteiger partial charge in [0.25, 0.3) is 0 Å². The first-order chi connectivity index (χ1) is 8.63. The van der Waals surface area contributed by atoms with Crippen molar-refractivity contribution in [2.45, 2.75) is 45.7 Å². The molecule has 0 bridgehead atoms. The van der Waals surface area contributed by atoms with E-state index in [4.69, 9.17) is 5.26 Å². The molecule has 0 radical (unpaired) electrons. The Kier molecular flexibility index (Phi) is 4.04. The van der Waals surface area contributed by atoms with E-state index >= 15 is 0 Å². The Labute approximate surface area is 110 Å². The average molecular weight is 242 g/mol. The zero-order valence-corrected chi connectivity index (χ0v) is 11.4. The molecule has 0 aromatic heterocycles. The van der Waals surface area contributed by atoms with Crippen molar-refractivity contribution >= 4 is 0 Å². The molecule has 0 heterocycles. The van der Waals surface area contributed by atoms with Crippen molar-refractivity contribution in [1.82, 2.24) is 4.90 Å². The third kappa shape index (κ3) is 2.91. The van der Waals surface area contributed by atoms with Crippen LogP contribution >= 0.6 is 0 Å². The van der Waals surface area contributed by atoms with Crippen LogP contribution in [0.5, 0.6) is 0 Å². The number of benzene rings is 1. The van der Waals surface area contributed by atoms with Gasteiger partial charge in [0.05, 0.1) is 12.6 Å². The standard InChI is InChI=1S/C16H22N2/c1-16(2)10-6-9-15(16)18(12-11-17)13-14-7-4-3-5-8-14/h3-5,7-8,15H,6,9-10,12-13H2,1-2H3/t15-/m1/s1. The molecule has 96 valence electrons. The summed E-state index contributed by atoms with van der Waals surface area (Å²) in [6.07, 6.45) is 3.78. The Morgan fingerprint density at radius 3 is 2.61 bits per heavy atom.